The van der Waals surface area contributed by atoms with Crippen molar-refractivity contribution in [1.82, 2.24) is 0 Å². The van der Waals surface area contributed by atoms with Crippen LogP contribution in [-0.2, 0) is 5.41 Å². The van der Waals surface area contributed by atoms with Crippen LogP contribution >= 0.6 is 0 Å². The number of allylic oxidation sites excluding steroid dienone is 5. The summed E-state index contributed by atoms with van der Waals surface area (Å²) in [4.78, 5) is 0. The van der Waals surface area contributed by atoms with Gasteiger partial charge in [0.1, 0.15) is 11.5 Å². The zero-order valence-corrected chi connectivity index (χ0v) is 13.5. The lowest BCUT2D eigenvalue weighted by molar-refractivity contribution is 0.402. The quantitative estimate of drug-likeness (QED) is 0.766. The molecular formula is C21H20O3. The maximum atomic E-state index is 9.79. The fourth-order valence-electron chi connectivity index (χ4n) is 3.04. The number of hydrogen-bond donors (Lipinski definition) is 3. The van der Waals surface area contributed by atoms with Crippen molar-refractivity contribution >= 4 is 0 Å². The number of hydrogen-bond acceptors (Lipinski definition) is 3. The molecule has 0 atom stereocenters. The Bertz CT molecular complexity index is 764. The molecule has 0 aromatic heterocycles. The Kier molecular flexibility index (Phi) is 4.17. The zero-order valence-electron chi connectivity index (χ0n) is 13.5. The Labute approximate surface area is 141 Å². The number of benzene rings is 2. The molecule has 0 saturated heterocycles. The minimum absolute atomic E-state index is 0.217. The smallest absolute Gasteiger partial charge is 0.115 e. The average Bonchev–Trinajstić information content (AvgIpc) is 2.80. The largest absolute Gasteiger partial charge is 0.512 e. The molecule has 0 saturated carbocycles. The summed E-state index contributed by atoms with van der Waals surface area (Å²) in [6, 6.07) is 14.3. The molecule has 2 aromatic rings. The third-order valence-electron chi connectivity index (χ3n) is 4.55. The van der Waals surface area contributed by atoms with Crippen LogP contribution in [0.25, 0.3) is 0 Å². The van der Waals surface area contributed by atoms with Crippen LogP contribution in [0.4, 0.5) is 0 Å². The average molecular weight is 320 g/mol. The maximum absolute atomic E-state index is 9.79. The van der Waals surface area contributed by atoms with Crippen LogP contribution in [0, 0.1) is 0 Å². The molecule has 1 aliphatic rings. The van der Waals surface area contributed by atoms with Gasteiger partial charge in [0, 0.05) is 11.8 Å². The molecule has 0 bridgehead atoms. The Morgan fingerprint density at radius 2 is 1.25 bits per heavy atom. The van der Waals surface area contributed by atoms with Gasteiger partial charge in [-0.25, -0.2) is 0 Å². The second kappa shape index (κ2) is 6.28. The van der Waals surface area contributed by atoms with Crippen LogP contribution in [0.5, 0.6) is 11.5 Å². The molecule has 3 rings (SSSR count). The van der Waals surface area contributed by atoms with Crippen LogP contribution in [0.3, 0.4) is 0 Å². The highest BCUT2D eigenvalue weighted by Gasteiger charge is 2.32. The first-order valence-corrected chi connectivity index (χ1v) is 7.86. The summed E-state index contributed by atoms with van der Waals surface area (Å²) < 4.78 is 0. The molecule has 3 heteroatoms. The molecule has 0 spiro atoms. The first-order valence-electron chi connectivity index (χ1n) is 7.86. The van der Waals surface area contributed by atoms with Crippen molar-refractivity contribution in [2.45, 2.75) is 18.8 Å². The Morgan fingerprint density at radius 1 is 0.750 bits per heavy atom. The molecule has 0 unspecified atom stereocenters. The van der Waals surface area contributed by atoms with E-state index in [-0.39, 0.29) is 11.5 Å². The molecule has 0 heterocycles. The van der Waals surface area contributed by atoms with Crippen molar-refractivity contribution in [3.63, 3.8) is 0 Å². The minimum atomic E-state index is -0.487. The summed E-state index contributed by atoms with van der Waals surface area (Å²) in [5, 5.41) is 29.0. The van der Waals surface area contributed by atoms with Crippen molar-refractivity contribution in [3.05, 3.63) is 95.3 Å². The molecule has 24 heavy (non-hydrogen) atoms. The summed E-state index contributed by atoms with van der Waals surface area (Å²) in [6.45, 7) is 2.10. The maximum Gasteiger partial charge on any atom is 0.115 e. The standard InChI is InChI=1S/C21H20O3/c1-21(16-6-11-19(23)12-7-16,17-8-13-20(24)14-9-17)15-3-2-4-18(22)10-5-15/h2-3,5-14,22-24H,4H2,1H3. The van der Waals surface area contributed by atoms with Crippen LogP contribution in [0.1, 0.15) is 24.5 Å². The van der Waals surface area contributed by atoms with Gasteiger partial charge in [-0.05, 0) is 54.0 Å². The van der Waals surface area contributed by atoms with Gasteiger partial charge < -0.3 is 15.3 Å². The van der Waals surface area contributed by atoms with Crippen LogP contribution in [0.15, 0.2) is 84.2 Å². The number of aliphatic hydroxyl groups is 1. The van der Waals surface area contributed by atoms with Crippen molar-refractivity contribution in [1.29, 1.82) is 0 Å². The van der Waals surface area contributed by atoms with E-state index in [1.165, 1.54) is 0 Å². The van der Waals surface area contributed by atoms with Crippen molar-refractivity contribution in [2.75, 3.05) is 0 Å². The van der Waals surface area contributed by atoms with E-state index < -0.39 is 5.41 Å². The molecule has 0 aliphatic heterocycles. The topological polar surface area (TPSA) is 60.7 Å². The predicted octanol–water partition coefficient (Wildman–Crippen LogP) is 4.73. The van der Waals surface area contributed by atoms with E-state index in [0.29, 0.717) is 12.2 Å². The van der Waals surface area contributed by atoms with Crippen molar-refractivity contribution in [3.8, 4) is 11.5 Å². The Hall–Kier alpha value is -2.94. The minimum Gasteiger partial charge on any atom is -0.512 e. The van der Waals surface area contributed by atoms with Gasteiger partial charge in [-0.15, -0.1) is 0 Å². The summed E-state index contributed by atoms with van der Waals surface area (Å²) in [6.07, 6.45) is 8.08. The number of rotatable bonds is 3. The monoisotopic (exact) mass is 320 g/mol. The summed E-state index contributed by atoms with van der Waals surface area (Å²) in [5.41, 5.74) is 2.55. The Balaban J connectivity index is 2.20. The van der Waals surface area contributed by atoms with Crippen LogP contribution in [-0.4, -0.2) is 15.3 Å². The molecule has 3 N–H and O–H groups in total. The van der Waals surface area contributed by atoms with Crippen molar-refractivity contribution in [2.24, 2.45) is 0 Å². The fraction of sp³-hybridized carbons (Fsp3) is 0.143. The van der Waals surface area contributed by atoms with Gasteiger partial charge in [0.2, 0.25) is 0 Å². The van der Waals surface area contributed by atoms with Gasteiger partial charge in [0.15, 0.2) is 0 Å². The molecule has 2 aromatic carbocycles. The van der Waals surface area contributed by atoms with Gasteiger partial charge in [0.05, 0.1) is 5.76 Å². The van der Waals surface area contributed by atoms with Gasteiger partial charge in [-0.1, -0.05) is 42.5 Å². The molecule has 0 radical (unpaired) electrons. The second-order valence-electron chi connectivity index (χ2n) is 6.11. The zero-order chi connectivity index (χ0) is 17.2. The van der Waals surface area contributed by atoms with Gasteiger partial charge in [-0.3, -0.25) is 0 Å². The molecular weight excluding hydrogens is 300 g/mol. The number of aromatic hydroxyl groups is 2. The number of phenols is 2. The fourth-order valence-corrected chi connectivity index (χ4v) is 3.04. The first kappa shape index (κ1) is 15.9. The molecule has 0 amide bonds. The molecule has 122 valence electrons. The summed E-state index contributed by atoms with van der Waals surface area (Å²) in [5.74, 6) is 0.754. The van der Waals surface area contributed by atoms with E-state index in [9.17, 15) is 15.3 Å². The number of aliphatic hydroxyl groups excluding tert-OH is 1. The first-order chi connectivity index (χ1) is 11.5. The molecule has 1 aliphatic carbocycles. The van der Waals surface area contributed by atoms with Gasteiger partial charge >= 0.3 is 0 Å². The summed E-state index contributed by atoms with van der Waals surface area (Å²) >= 11 is 0. The van der Waals surface area contributed by atoms with E-state index in [2.05, 4.69) is 6.92 Å². The van der Waals surface area contributed by atoms with Crippen molar-refractivity contribution < 1.29 is 15.3 Å². The highest BCUT2D eigenvalue weighted by Crippen LogP contribution is 2.41. The lowest BCUT2D eigenvalue weighted by Crippen LogP contribution is -2.25. The highest BCUT2D eigenvalue weighted by atomic mass is 16.3. The lowest BCUT2D eigenvalue weighted by atomic mass is 9.70. The van der Waals surface area contributed by atoms with E-state index in [1.54, 1.807) is 30.3 Å². The van der Waals surface area contributed by atoms with Gasteiger partial charge in [0.25, 0.3) is 0 Å². The summed E-state index contributed by atoms with van der Waals surface area (Å²) in [7, 11) is 0. The second-order valence-corrected chi connectivity index (χ2v) is 6.11. The molecule has 3 nitrogen and oxygen atoms in total. The van der Waals surface area contributed by atoms with Crippen LogP contribution < -0.4 is 0 Å². The van der Waals surface area contributed by atoms with E-state index in [0.717, 1.165) is 16.7 Å². The highest BCUT2D eigenvalue weighted by molar-refractivity contribution is 5.54. The SMILES string of the molecule is CC(C1=CC=C(O)CC=C1)(c1ccc(O)cc1)c1ccc(O)cc1. The van der Waals surface area contributed by atoms with E-state index in [1.807, 2.05) is 42.5 Å². The molecule has 0 fully saturated rings. The van der Waals surface area contributed by atoms with E-state index in [4.69, 9.17) is 0 Å². The van der Waals surface area contributed by atoms with E-state index >= 15 is 0 Å². The normalized spacial score (nSPS) is 14.7. The number of phenolic OH excluding ortho intramolecular Hbond substituents is 2. The Morgan fingerprint density at radius 3 is 1.75 bits per heavy atom. The van der Waals surface area contributed by atoms with Gasteiger partial charge in [-0.2, -0.15) is 0 Å². The third kappa shape index (κ3) is 2.93. The third-order valence-corrected chi connectivity index (χ3v) is 4.55. The lowest BCUT2D eigenvalue weighted by Gasteiger charge is -2.32. The predicted molar refractivity (Wildman–Crippen MR) is 95.2 cm³/mol. The van der Waals surface area contributed by atoms with Crippen LogP contribution in [0.2, 0.25) is 0 Å².